The van der Waals surface area contributed by atoms with Crippen molar-refractivity contribution in [2.45, 2.75) is 31.9 Å². The highest BCUT2D eigenvalue weighted by molar-refractivity contribution is 5.94. The molecule has 0 radical (unpaired) electrons. The molecule has 45 heavy (non-hydrogen) atoms. The van der Waals surface area contributed by atoms with E-state index in [1.807, 2.05) is 22.8 Å². The predicted octanol–water partition coefficient (Wildman–Crippen LogP) is 6.07. The van der Waals surface area contributed by atoms with E-state index in [2.05, 4.69) is 20.4 Å². The smallest absolute Gasteiger partial charge is 0.333 e. The molecular formula is C31H23F4N9O. The van der Waals surface area contributed by atoms with Gasteiger partial charge < -0.3 is 11.1 Å². The number of alkyl halides is 4. The van der Waals surface area contributed by atoms with Gasteiger partial charge in [-0.1, -0.05) is 6.07 Å². The van der Waals surface area contributed by atoms with Crippen LogP contribution in [0.25, 0.3) is 39.6 Å². The molecule has 1 amide bonds. The topological polar surface area (TPSA) is 129 Å². The van der Waals surface area contributed by atoms with E-state index in [1.165, 1.54) is 18.3 Å². The lowest BCUT2D eigenvalue weighted by atomic mass is 10.1. The molecule has 0 bridgehead atoms. The van der Waals surface area contributed by atoms with E-state index in [0.29, 0.717) is 45.8 Å². The molecule has 5 aromatic heterocycles. The Kier molecular flexibility index (Phi) is 6.95. The lowest BCUT2D eigenvalue weighted by Crippen LogP contribution is -2.27. The van der Waals surface area contributed by atoms with Gasteiger partial charge in [-0.25, -0.2) is 28.4 Å². The van der Waals surface area contributed by atoms with Crippen molar-refractivity contribution >= 4 is 22.9 Å². The number of fused-ring (bicyclic) bond motifs is 2. The number of aryl methyl sites for hydroxylation is 1. The van der Waals surface area contributed by atoms with Crippen LogP contribution in [0.5, 0.6) is 0 Å². The minimum Gasteiger partial charge on any atom is -0.383 e. The summed E-state index contributed by atoms with van der Waals surface area (Å²) < 4.78 is 54.5. The number of anilines is 1. The lowest BCUT2D eigenvalue weighted by Gasteiger charge is -2.16. The molecule has 226 valence electrons. The molecule has 6 aromatic rings. The Balaban J connectivity index is 1.27. The highest BCUT2D eigenvalue weighted by atomic mass is 19.3. The number of hydrogen-bond donors (Lipinski definition) is 2. The second kappa shape index (κ2) is 11.1. The van der Waals surface area contributed by atoms with Gasteiger partial charge in [-0.15, -0.1) is 0 Å². The number of carbonyl (C=O) groups is 1. The summed E-state index contributed by atoms with van der Waals surface area (Å²) in [5.74, 6) is 0.345. The van der Waals surface area contributed by atoms with Crippen LogP contribution in [0.1, 0.15) is 52.6 Å². The van der Waals surface area contributed by atoms with Crippen LogP contribution in [-0.4, -0.2) is 40.2 Å². The van der Waals surface area contributed by atoms with Crippen LogP contribution in [0, 0.1) is 0 Å². The molecule has 0 saturated heterocycles. The SMILES string of the molecule is Nc1ncccc1-c1nc2ccc(-c3ccn(C(F)F)n3)nc2n1-c1ccc2c(c1)CC[C@@H]2NC(=O)c1ccc(C(F)F)nc1. The summed E-state index contributed by atoms with van der Waals surface area (Å²) in [5, 5.41) is 6.93. The number of imidazole rings is 1. The summed E-state index contributed by atoms with van der Waals surface area (Å²) >= 11 is 0. The number of amides is 1. The van der Waals surface area contributed by atoms with Crippen LogP contribution >= 0.6 is 0 Å². The van der Waals surface area contributed by atoms with Crippen LogP contribution in [0.4, 0.5) is 23.4 Å². The normalized spacial score (nSPS) is 14.4. The van der Waals surface area contributed by atoms with Gasteiger partial charge >= 0.3 is 6.55 Å². The number of pyridine rings is 3. The number of carbonyl (C=O) groups excluding carboxylic acids is 1. The number of nitrogens with one attached hydrogen (secondary N) is 1. The van der Waals surface area contributed by atoms with Crippen molar-refractivity contribution in [1.29, 1.82) is 0 Å². The molecule has 1 aromatic carbocycles. The fourth-order valence-electron chi connectivity index (χ4n) is 5.52. The summed E-state index contributed by atoms with van der Waals surface area (Å²) in [6, 6.07) is 16.4. The molecule has 3 N–H and O–H groups in total. The van der Waals surface area contributed by atoms with Gasteiger partial charge in [0, 0.05) is 24.3 Å². The van der Waals surface area contributed by atoms with Gasteiger partial charge in [-0.2, -0.15) is 13.9 Å². The van der Waals surface area contributed by atoms with E-state index in [4.69, 9.17) is 15.7 Å². The first kappa shape index (κ1) is 28.1. The van der Waals surface area contributed by atoms with Crippen molar-refractivity contribution in [1.82, 2.24) is 39.6 Å². The lowest BCUT2D eigenvalue weighted by molar-refractivity contribution is 0.0568. The van der Waals surface area contributed by atoms with E-state index >= 15 is 0 Å². The second-order valence-corrected chi connectivity index (χ2v) is 10.4. The Morgan fingerprint density at radius 1 is 0.978 bits per heavy atom. The average Bonchev–Trinajstić information content (AvgIpc) is 3.78. The molecule has 7 rings (SSSR count). The summed E-state index contributed by atoms with van der Waals surface area (Å²) in [4.78, 5) is 30.4. The standard InChI is InChI=1S/C31H23F4N9O/c32-26(33)24-8-4-17(15-38-24)30(45)41-21-7-3-16-14-18(5-6-19(16)21)44-28(20-2-1-12-37-27(20)36)40-25-10-9-22(39-29(25)44)23-11-13-43(42-23)31(34)35/h1-2,4-6,8-15,21,26,31H,3,7H2,(H2,36,37)(H,41,45)/t21-/m0/s1. The van der Waals surface area contributed by atoms with Crippen LogP contribution in [0.15, 0.2) is 79.3 Å². The first-order valence-corrected chi connectivity index (χ1v) is 13.9. The zero-order valence-corrected chi connectivity index (χ0v) is 23.3. The zero-order chi connectivity index (χ0) is 31.2. The Bertz CT molecular complexity index is 2060. The number of halogens is 4. The zero-order valence-electron chi connectivity index (χ0n) is 23.3. The molecule has 5 heterocycles. The Morgan fingerprint density at radius 2 is 1.84 bits per heavy atom. The number of nitrogens with zero attached hydrogens (tertiary/aromatic N) is 7. The van der Waals surface area contributed by atoms with E-state index in [0.717, 1.165) is 29.1 Å². The highest BCUT2D eigenvalue weighted by Crippen LogP contribution is 2.36. The third-order valence-corrected chi connectivity index (χ3v) is 7.69. The van der Waals surface area contributed by atoms with Crippen molar-refractivity contribution in [2.75, 3.05) is 5.73 Å². The van der Waals surface area contributed by atoms with Gasteiger partial charge in [0.05, 0.1) is 22.9 Å². The average molecular weight is 614 g/mol. The fraction of sp³-hybridized carbons (Fsp3) is 0.161. The maximum absolute atomic E-state index is 13.2. The first-order chi connectivity index (χ1) is 21.8. The molecule has 0 saturated carbocycles. The van der Waals surface area contributed by atoms with Crippen LogP contribution in [-0.2, 0) is 6.42 Å². The number of rotatable bonds is 7. The van der Waals surface area contributed by atoms with Crippen molar-refractivity contribution in [2.24, 2.45) is 0 Å². The number of aromatic nitrogens is 7. The van der Waals surface area contributed by atoms with E-state index in [9.17, 15) is 22.4 Å². The molecule has 0 aliphatic heterocycles. The van der Waals surface area contributed by atoms with Crippen molar-refractivity contribution < 1.29 is 22.4 Å². The quantitative estimate of drug-likeness (QED) is 0.209. The van der Waals surface area contributed by atoms with Crippen LogP contribution < -0.4 is 11.1 Å². The summed E-state index contributed by atoms with van der Waals surface area (Å²) in [7, 11) is 0. The minimum atomic E-state index is -2.78. The molecule has 10 nitrogen and oxygen atoms in total. The van der Waals surface area contributed by atoms with Crippen molar-refractivity contribution in [3.63, 3.8) is 0 Å². The molecule has 14 heteroatoms. The minimum absolute atomic E-state index is 0.188. The number of hydrogen-bond acceptors (Lipinski definition) is 7. The third-order valence-electron chi connectivity index (χ3n) is 7.69. The van der Waals surface area contributed by atoms with E-state index < -0.39 is 24.6 Å². The van der Waals surface area contributed by atoms with Gasteiger partial charge in [-0.3, -0.25) is 14.3 Å². The van der Waals surface area contributed by atoms with E-state index in [1.54, 1.807) is 30.5 Å². The molecule has 1 atom stereocenters. The van der Waals surface area contributed by atoms with Gasteiger partial charge in [-0.05, 0) is 78.6 Å². The van der Waals surface area contributed by atoms with E-state index in [-0.39, 0.29) is 23.1 Å². The largest absolute Gasteiger partial charge is 0.383 e. The Morgan fingerprint density at radius 3 is 2.58 bits per heavy atom. The molecule has 0 fully saturated rings. The Labute approximate surface area is 252 Å². The summed E-state index contributed by atoms with van der Waals surface area (Å²) in [5.41, 5.74) is 10.9. The third kappa shape index (κ3) is 5.13. The molecule has 1 aliphatic carbocycles. The number of nitrogens with two attached hydrogens (primary N) is 1. The van der Waals surface area contributed by atoms with Gasteiger partial charge in [0.15, 0.2) is 11.5 Å². The van der Waals surface area contributed by atoms with Crippen LogP contribution in [0.3, 0.4) is 0 Å². The molecular weight excluding hydrogens is 590 g/mol. The van der Waals surface area contributed by atoms with Gasteiger partial charge in [0.25, 0.3) is 12.3 Å². The summed E-state index contributed by atoms with van der Waals surface area (Å²) in [6.45, 7) is -2.78. The maximum atomic E-state index is 13.2. The number of benzene rings is 1. The molecule has 0 unspecified atom stereocenters. The Hall–Kier alpha value is -5.66. The second-order valence-electron chi connectivity index (χ2n) is 10.4. The van der Waals surface area contributed by atoms with Gasteiger partial charge in [0.1, 0.15) is 22.7 Å². The van der Waals surface area contributed by atoms with Crippen LogP contribution in [0.2, 0.25) is 0 Å². The highest BCUT2D eigenvalue weighted by Gasteiger charge is 2.27. The molecule has 1 aliphatic rings. The fourth-order valence-corrected chi connectivity index (χ4v) is 5.52. The predicted molar refractivity (Wildman–Crippen MR) is 157 cm³/mol. The number of nitrogen functional groups attached to an aromatic ring is 1. The van der Waals surface area contributed by atoms with Gasteiger partial charge in [0.2, 0.25) is 0 Å². The summed E-state index contributed by atoms with van der Waals surface area (Å²) in [6.07, 6.45) is 2.49. The van der Waals surface area contributed by atoms with Crippen molar-refractivity contribution in [3.8, 4) is 28.5 Å². The maximum Gasteiger partial charge on any atom is 0.333 e. The first-order valence-electron chi connectivity index (χ1n) is 13.9. The van der Waals surface area contributed by atoms with Crippen molar-refractivity contribution in [3.05, 3.63) is 102 Å². The molecule has 0 spiro atoms. The monoisotopic (exact) mass is 613 g/mol.